The molecule has 0 aromatic heterocycles. The van der Waals surface area contributed by atoms with Crippen LogP contribution in [0.2, 0.25) is 0 Å². The molecule has 1 aliphatic carbocycles. The third-order valence-corrected chi connectivity index (χ3v) is 5.71. The summed E-state index contributed by atoms with van der Waals surface area (Å²) < 4.78 is 11.6. The van der Waals surface area contributed by atoms with Crippen molar-refractivity contribution in [2.45, 2.75) is 64.9 Å². The standard InChI is InChI=1S/C21H26N2O4/c1-4-20(2,3)19(25)26-17-16(14-9-8-13(22)12-15(14)23)18(24)27-21(17)10-6-5-7-11-21/h8-9,12,22-23H,4-7,10-11H2,1-3H3/q-2. The molecule has 27 heavy (non-hydrogen) atoms. The van der Waals surface area contributed by atoms with E-state index in [1.165, 1.54) is 12.1 Å². The fraction of sp³-hybridized carbons (Fsp3) is 0.524. The predicted octanol–water partition coefficient (Wildman–Crippen LogP) is 6.00. The Bertz CT molecular complexity index is 804. The molecule has 1 fully saturated rings. The van der Waals surface area contributed by atoms with Crippen LogP contribution in [-0.4, -0.2) is 17.5 Å². The maximum Gasteiger partial charge on any atom is 0.343 e. The fourth-order valence-electron chi connectivity index (χ4n) is 3.56. The average Bonchev–Trinajstić information content (AvgIpc) is 2.87. The van der Waals surface area contributed by atoms with Gasteiger partial charge in [0.1, 0.15) is 5.57 Å². The first-order valence-electron chi connectivity index (χ1n) is 9.48. The van der Waals surface area contributed by atoms with Crippen molar-refractivity contribution in [3.05, 3.63) is 41.0 Å². The molecular formula is C21H26N2O4-2. The summed E-state index contributed by atoms with van der Waals surface area (Å²) in [5.41, 5.74) is 15.0. The zero-order valence-corrected chi connectivity index (χ0v) is 16.1. The first-order valence-corrected chi connectivity index (χ1v) is 9.48. The molecule has 0 bridgehead atoms. The van der Waals surface area contributed by atoms with Gasteiger partial charge >= 0.3 is 11.9 Å². The van der Waals surface area contributed by atoms with E-state index in [-0.39, 0.29) is 22.7 Å². The minimum atomic E-state index is -0.920. The maximum absolute atomic E-state index is 12.8. The number of ether oxygens (including phenoxy) is 2. The quantitative estimate of drug-likeness (QED) is 0.606. The van der Waals surface area contributed by atoms with E-state index in [4.69, 9.17) is 20.9 Å². The number of esters is 2. The Morgan fingerprint density at radius 3 is 2.48 bits per heavy atom. The molecule has 2 N–H and O–H groups in total. The number of benzene rings is 1. The molecule has 6 nitrogen and oxygen atoms in total. The molecule has 1 heterocycles. The summed E-state index contributed by atoms with van der Waals surface area (Å²) in [6.07, 6.45) is 4.65. The number of hydrogen-bond donors (Lipinski definition) is 0. The summed E-state index contributed by atoms with van der Waals surface area (Å²) in [4.78, 5) is 25.6. The van der Waals surface area contributed by atoms with Crippen LogP contribution in [0.5, 0.6) is 0 Å². The van der Waals surface area contributed by atoms with Crippen LogP contribution in [0.4, 0.5) is 11.4 Å². The Labute approximate surface area is 159 Å². The van der Waals surface area contributed by atoms with Gasteiger partial charge in [0.25, 0.3) is 0 Å². The Balaban J connectivity index is 2.14. The van der Waals surface area contributed by atoms with Gasteiger partial charge in [0.15, 0.2) is 11.4 Å². The highest BCUT2D eigenvalue weighted by atomic mass is 16.6. The van der Waals surface area contributed by atoms with E-state index in [0.717, 1.165) is 19.3 Å². The van der Waals surface area contributed by atoms with Gasteiger partial charge in [-0.15, -0.1) is 11.4 Å². The Hall–Kier alpha value is -2.50. The molecule has 0 atom stereocenters. The van der Waals surface area contributed by atoms with Gasteiger partial charge in [0.2, 0.25) is 0 Å². The van der Waals surface area contributed by atoms with Crippen LogP contribution < -0.4 is 0 Å². The van der Waals surface area contributed by atoms with Crippen LogP contribution in [0.15, 0.2) is 24.0 Å². The minimum Gasteiger partial charge on any atom is -0.699 e. The lowest BCUT2D eigenvalue weighted by Crippen LogP contribution is -2.38. The number of rotatable bonds is 4. The van der Waals surface area contributed by atoms with Crippen molar-refractivity contribution in [2.75, 3.05) is 0 Å². The third kappa shape index (κ3) is 3.40. The van der Waals surface area contributed by atoms with Gasteiger partial charge in [-0.05, 0) is 51.5 Å². The van der Waals surface area contributed by atoms with E-state index < -0.39 is 23.0 Å². The second-order valence-electron chi connectivity index (χ2n) is 8.04. The molecule has 1 aliphatic heterocycles. The minimum absolute atomic E-state index is 0.0469. The lowest BCUT2D eigenvalue weighted by molar-refractivity contribution is -0.160. The predicted molar refractivity (Wildman–Crippen MR) is 103 cm³/mol. The smallest absolute Gasteiger partial charge is 0.343 e. The van der Waals surface area contributed by atoms with Crippen molar-refractivity contribution >= 4 is 28.9 Å². The van der Waals surface area contributed by atoms with Crippen molar-refractivity contribution in [1.82, 2.24) is 0 Å². The van der Waals surface area contributed by atoms with Crippen molar-refractivity contribution in [3.8, 4) is 0 Å². The number of nitrogens with one attached hydrogen (secondary N) is 2. The molecule has 0 amide bonds. The van der Waals surface area contributed by atoms with E-state index in [9.17, 15) is 9.59 Å². The number of carbonyl (C=O) groups excluding carboxylic acids is 2. The third-order valence-electron chi connectivity index (χ3n) is 5.71. The van der Waals surface area contributed by atoms with Gasteiger partial charge in [-0.25, -0.2) is 4.79 Å². The highest BCUT2D eigenvalue weighted by Gasteiger charge is 2.51. The van der Waals surface area contributed by atoms with Crippen LogP contribution in [0.1, 0.15) is 64.9 Å². The zero-order chi connectivity index (χ0) is 19.8. The summed E-state index contributed by atoms with van der Waals surface area (Å²) in [5.74, 6) is -0.699. The largest absolute Gasteiger partial charge is 0.699 e. The number of carbonyl (C=O) groups is 2. The second kappa shape index (κ2) is 6.91. The molecule has 1 saturated carbocycles. The second-order valence-corrected chi connectivity index (χ2v) is 8.04. The zero-order valence-electron chi connectivity index (χ0n) is 16.1. The molecular weight excluding hydrogens is 344 g/mol. The molecule has 1 aromatic carbocycles. The van der Waals surface area contributed by atoms with Crippen molar-refractivity contribution in [2.24, 2.45) is 5.41 Å². The van der Waals surface area contributed by atoms with E-state index >= 15 is 0 Å². The normalized spacial score (nSPS) is 19.3. The van der Waals surface area contributed by atoms with E-state index in [2.05, 4.69) is 0 Å². The van der Waals surface area contributed by atoms with Gasteiger partial charge < -0.3 is 20.9 Å². The molecule has 2 aliphatic rings. The summed E-state index contributed by atoms with van der Waals surface area (Å²) in [6, 6.07) is 4.45. The summed E-state index contributed by atoms with van der Waals surface area (Å²) >= 11 is 0. The van der Waals surface area contributed by atoms with E-state index in [1.54, 1.807) is 6.07 Å². The molecule has 1 spiro atoms. The topological polar surface area (TPSA) is 100 Å². The van der Waals surface area contributed by atoms with Gasteiger partial charge in [-0.3, -0.25) is 4.79 Å². The summed E-state index contributed by atoms with van der Waals surface area (Å²) in [6.45, 7) is 5.54. The van der Waals surface area contributed by atoms with Crippen LogP contribution in [-0.2, 0) is 19.1 Å². The van der Waals surface area contributed by atoms with E-state index in [1.807, 2.05) is 20.8 Å². The highest BCUT2D eigenvalue weighted by molar-refractivity contribution is 6.21. The molecule has 1 aromatic rings. The Morgan fingerprint density at radius 2 is 1.89 bits per heavy atom. The monoisotopic (exact) mass is 370 g/mol. The highest BCUT2D eigenvalue weighted by Crippen LogP contribution is 2.49. The van der Waals surface area contributed by atoms with Crippen LogP contribution in [0, 0.1) is 5.41 Å². The lowest BCUT2D eigenvalue weighted by atomic mass is 9.82. The van der Waals surface area contributed by atoms with Gasteiger partial charge in [-0.1, -0.05) is 31.5 Å². The Morgan fingerprint density at radius 1 is 1.22 bits per heavy atom. The lowest BCUT2D eigenvalue weighted by Gasteiger charge is -2.34. The Kier molecular flexibility index (Phi) is 4.93. The fourth-order valence-corrected chi connectivity index (χ4v) is 3.56. The summed E-state index contributed by atoms with van der Waals surface area (Å²) in [5, 5.41) is 0. The summed E-state index contributed by atoms with van der Waals surface area (Å²) in [7, 11) is 0. The maximum atomic E-state index is 12.8. The van der Waals surface area contributed by atoms with Crippen LogP contribution in [0.25, 0.3) is 17.0 Å². The SMILES string of the molecule is CCC(C)(C)C(=O)OC1=C(c2ccc([NH-])cc2[NH-])C(=O)OC12CCCCC2. The van der Waals surface area contributed by atoms with Crippen molar-refractivity contribution in [3.63, 3.8) is 0 Å². The molecule has 0 unspecified atom stereocenters. The molecule has 6 heteroatoms. The molecule has 0 saturated heterocycles. The van der Waals surface area contributed by atoms with Crippen molar-refractivity contribution < 1.29 is 19.1 Å². The van der Waals surface area contributed by atoms with Gasteiger partial charge in [0.05, 0.1) is 5.41 Å². The van der Waals surface area contributed by atoms with Crippen molar-refractivity contribution in [1.29, 1.82) is 0 Å². The number of hydrogen-bond acceptors (Lipinski definition) is 4. The molecule has 3 rings (SSSR count). The first kappa shape index (κ1) is 19.3. The molecule has 146 valence electrons. The average molecular weight is 370 g/mol. The molecule has 0 radical (unpaired) electrons. The van der Waals surface area contributed by atoms with E-state index in [0.29, 0.717) is 24.8 Å². The van der Waals surface area contributed by atoms with Gasteiger partial charge in [-0.2, -0.15) is 0 Å². The van der Waals surface area contributed by atoms with Gasteiger partial charge in [0, 0.05) is 0 Å². The van der Waals surface area contributed by atoms with Crippen LogP contribution >= 0.6 is 0 Å². The van der Waals surface area contributed by atoms with Crippen LogP contribution in [0.3, 0.4) is 0 Å². The first-order chi connectivity index (χ1) is 12.7.